The van der Waals surface area contributed by atoms with Crippen LogP contribution in [0.5, 0.6) is 11.5 Å². The molecule has 0 aliphatic carbocycles. The Balaban J connectivity index is 1.88. The number of hydrogen-bond donors (Lipinski definition) is 2. The van der Waals surface area contributed by atoms with Crippen molar-refractivity contribution in [3.8, 4) is 11.5 Å². The van der Waals surface area contributed by atoms with E-state index in [-0.39, 0.29) is 37.0 Å². The van der Waals surface area contributed by atoms with Crippen molar-refractivity contribution in [2.24, 2.45) is 0 Å². The first-order valence-corrected chi connectivity index (χ1v) is 10.0. The van der Waals surface area contributed by atoms with Crippen molar-refractivity contribution in [1.82, 2.24) is 0 Å². The molecule has 0 fully saturated rings. The first-order chi connectivity index (χ1) is 15.4. The van der Waals surface area contributed by atoms with Crippen molar-refractivity contribution in [2.75, 3.05) is 6.61 Å². The lowest BCUT2D eigenvalue weighted by Gasteiger charge is -2.18. The van der Waals surface area contributed by atoms with E-state index in [1.165, 1.54) is 6.07 Å². The Hall–Kier alpha value is -3.65. The molecular formula is C24H23FO7. The maximum Gasteiger partial charge on any atom is 0.306 e. The van der Waals surface area contributed by atoms with Gasteiger partial charge < -0.3 is 24.1 Å². The summed E-state index contributed by atoms with van der Waals surface area (Å²) in [6, 6.07) is 13.8. The summed E-state index contributed by atoms with van der Waals surface area (Å²) in [7, 11) is 0. The molecule has 1 aromatic heterocycles. The van der Waals surface area contributed by atoms with Crippen LogP contribution in [0.3, 0.4) is 0 Å². The van der Waals surface area contributed by atoms with Crippen LogP contribution in [0.4, 0.5) is 4.39 Å². The van der Waals surface area contributed by atoms with Crippen molar-refractivity contribution in [3.05, 3.63) is 93.3 Å². The minimum Gasteiger partial charge on any atom is -0.502 e. The van der Waals surface area contributed by atoms with E-state index in [1.54, 1.807) is 49.4 Å². The number of esters is 1. The van der Waals surface area contributed by atoms with Crippen molar-refractivity contribution in [3.63, 3.8) is 0 Å². The smallest absolute Gasteiger partial charge is 0.306 e. The average molecular weight is 442 g/mol. The van der Waals surface area contributed by atoms with Crippen LogP contribution in [0.2, 0.25) is 0 Å². The summed E-state index contributed by atoms with van der Waals surface area (Å²) in [5.74, 6) is -2.12. The summed E-state index contributed by atoms with van der Waals surface area (Å²) >= 11 is 0. The zero-order valence-electron chi connectivity index (χ0n) is 17.4. The van der Waals surface area contributed by atoms with Gasteiger partial charge in [-0.15, -0.1) is 0 Å². The largest absolute Gasteiger partial charge is 0.502 e. The second kappa shape index (κ2) is 10.6. The van der Waals surface area contributed by atoms with E-state index < -0.39 is 29.7 Å². The summed E-state index contributed by atoms with van der Waals surface area (Å²) < 4.78 is 29.9. The molecule has 0 aliphatic rings. The highest BCUT2D eigenvalue weighted by Crippen LogP contribution is 2.34. The highest BCUT2D eigenvalue weighted by molar-refractivity contribution is 5.71. The first kappa shape index (κ1) is 23.0. The summed E-state index contributed by atoms with van der Waals surface area (Å²) in [4.78, 5) is 24.3. The van der Waals surface area contributed by atoms with Gasteiger partial charge in [0.2, 0.25) is 11.2 Å². The standard InChI is InChI=1S/C24H23FO7/c1-2-30-22(28)12-19(24-23(29)21(27)11-18(13-26)32-24)15-7-9-17(10-8-15)31-14-16-5-3-4-6-20(16)25/h3-11,19,26,29H,2,12-14H2,1H3/t19-/m0/s1. The Kier molecular flexibility index (Phi) is 7.62. The zero-order chi connectivity index (χ0) is 23.1. The molecule has 0 bridgehead atoms. The molecule has 3 rings (SSSR count). The number of halogens is 1. The first-order valence-electron chi connectivity index (χ1n) is 10.0. The topological polar surface area (TPSA) is 106 Å². The van der Waals surface area contributed by atoms with Crippen LogP contribution in [0, 0.1) is 5.82 Å². The molecule has 1 atom stereocenters. The Morgan fingerprint density at radius 2 is 1.88 bits per heavy atom. The molecule has 0 unspecified atom stereocenters. The quantitative estimate of drug-likeness (QED) is 0.487. The molecule has 0 saturated heterocycles. The van der Waals surface area contributed by atoms with Crippen LogP contribution in [0.1, 0.15) is 41.9 Å². The van der Waals surface area contributed by atoms with E-state index in [0.717, 1.165) is 6.07 Å². The number of ether oxygens (including phenoxy) is 2. The second-order valence-electron chi connectivity index (χ2n) is 6.96. The van der Waals surface area contributed by atoms with Gasteiger partial charge in [-0.1, -0.05) is 30.3 Å². The van der Waals surface area contributed by atoms with Crippen LogP contribution < -0.4 is 10.2 Å². The number of carbonyl (C=O) groups excluding carboxylic acids is 1. The van der Waals surface area contributed by atoms with Gasteiger partial charge in [-0.2, -0.15) is 0 Å². The third-order valence-corrected chi connectivity index (χ3v) is 4.78. The maximum absolute atomic E-state index is 13.8. The van der Waals surface area contributed by atoms with E-state index in [2.05, 4.69) is 0 Å². The van der Waals surface area contributed by atoms with Gasteiger partial charge in [0.15, 0.2) is 5.76 Å². The Morgan fingerprint density at radius 1 is 1.16 bits per heavy atom. The van der Waals surface area contributed by atoms with Gasteiger partial charge in [0, 0.05) is 11.6 Å². The molecule has 0 amide bonds. The Morgan fingerprint density at radius 3 is 2.53 bits per heavy atom. The van der Waals surface area contributed by atoms with Crippen LogP contribution in [0.15, 0.2) is 63.8 Å². The molecule has 8 heteroatoms. The molecule has 2 N–H and O–H groups in total. The summed E-state index contributed by atoms with van der Waals surface area (Å²) in [6.45, 7) is 1.32. The lowest BCUT2D eigenvalue weighted by molar-refractivity contribution is -0.143. The average Bonchev–Trinajstić information content (AvgIpc) is 2.79. The second-order valence-corrected chi connectivity index (χ2v) is 6.96. The predicted molar refractivity (Wildman–Crippen MR) is 113 cm³/mol. The normalized spacial score (nSPS) is 11.7. The molecule has 32 heavy (non-hydrogen) atoms. The third kappa shape index (κ3) is 5.53. The van der Waals surface area contributed by atoms with Gasteiger partial charge in [0.05, 0.1) is 18.9 Å². The number of rotatable bonds is 9. The number of hydrogen-bond acceptors (Lipinski definition) is 7. The molecule has 168 valence electrons. The van der Waals surface area contributed by atoms with Crippen LogP contribution in [0.25, 0.3) is 0 Å². The highest BCUT2D eigenvalue weighted by atomic mass is 19.1. The minimum absolute atomic E-state index is 0.0342. The van der Waals surface area contributed by atoms with Crippen LogP contribution in [-0.2, 0) is 22.7 Å². The van der Waals surface area contributed by atoms with Crippen molar-refractivity contribution in [1.29, 1.82) is 0 Å². The van der Waals surface area contributed by atoms with E-state index in [9.17, 15) is 24.2 Å². The molecular weight excluding hydrogens is 419 g/mol. The van der Waals surface area contributed by atoms with Gasteiger partial charge in [-0.3, -0.25) is 9.59 Å². The molecule has 0 radical (unpaired) electrons. The number of aliphatic hydroxyl groups is 1. The molecule has 3 aromatic rings. The lowest BCUT2D eigenvalue weighted by Crippen LogP contribution is -2.15. The van der Waals surface area contributed by atoms with Crippen molar-refractivity contribution in [2.45, 2.75) is 32.5 Å². The number of carbonyl (C=O) groups is 1. The van der Waals surface area contributed by atoms with Gasteiger partial charge in [-0.25, -0.2) is 4.39 Å². The van der Waals surface area contributed by atoms with Crippen LogP contribution >= 0.6 is 0 Å². The van der Waals surface area contributed by atoms with Gasteiger partial charge in [0.1, 0.15) is 30.5 Å². The fourth-order valence-electron chi connectivity index (χ4n) is 3.19. The highest BCUT2D eigenvalue weighted by Gasteiger charge is 2.26. The molecule has 0 aliphatic heterocycles. The van der Waals surface area contributed by atoms with E-state index in [1.807, 2.05) is 0 Å². The van der Waals surface area contributed by atoms with E-state index in [4.69, 9.17) is 13.9 Å². The van der Waals surface area contributed by atoms with Crippen LogP contribution in [-0.4, -0.2) is 22.8 Å². The van der Waals surface area contributed by atoms with Crippen molar-refractivity contribution < 1.29 is 33.3 Å². The van der Waals surface area contributed by atoms with Crippen molar-refractivity contribution >= 4 is 5.97 Å². The minimum atomic E-state index is -0.839. The van der Waals surface area contributed by atoms with E-state index >= 15 is 0 Å². The fourth-order valence-corrected chi connectivity index (χ4v) is 3.19. The summed E-state index contributed by atoms with van der Waals surface area (Å²) in [5, 5.41) is 19.6. The predicted octanol–water partition coefficient (Wildman–Crippen LogP) is 3.64. The molecule has 1 heterocycles. The fraction of sp³-hybridized carbons (Fsp3) is 0.250. The zero-order valence-corrected chi connectivity index (χ0v) is 17.4. The number of benzene rings is 2. The molecule has 7 nitrogen and oxygen atoms in total. The summed E-state index contributed by atoms with van der Waals surface area (Å²) in [6.07, 6.45) is -0.200. The van der Waals surface area contributed by atoms with Gasteiger partial charge in [-0.05, 0) is 30.7 Å². The Labute approximate surface area is 183 Å². The molecule has 0 saturated carbocycles. The van der Waals surface area contributed by atoms with Gasteiger partial charge >= 0.3 is 5.97 Å². The monoisotopic (exact) mass is 442 g/mol. The summed E-state index contributed by atoms with van der Waals surface area (Å²) in [5.41, 5.74) is 0.225. The number of aromatic hydroxyl groups is 1. The SMILES string of the molecule is CCOC(=O)C[C@@H](c1ccc(OCc2ccccc2F)cc1)c1oc(CO)cc(=O)c1O. The number of aliphatic hydroxyl groups excluding tert-OH is 1. The Bertz CT molecular complexity index is 1120. The lowest BCUT2D eigenvalue weighted by atomic mass is 9.92. The molecule has 2 aromatic carbocycles. The third-order valence-electron chi connectivity index (χ3n) is 4.78. The van der Waals surface area contributed by atoms with Gasteiger partial charge in [0.25, 0.3) is 0 Å². The van der Waals surface area contributed by atoms with E-state index in [0.29, 0.717) is 16.9 Å². The molecule has 0 spiro atoms. The maximum atomic E-state index is 13.8.